The van der Waals surface area contributed by atoms with Crippen molar-refractivity contribution in [3.63, 3.8) is 0 Å². The number of rotatable bonds is 2. The highest BCUT2D eigenvalue weighted by molar-refractivity contribution is 8.00. The molecular weight excluding hydrogens is 304 g/mol. The topological polar surface area (TPSA) is 63.4 Å². The van der Waals surface area contributed by atoms with E-state index in [2.05, 4.69) is 13.8 Å². The first-order chi connectivity index (χ1) is 9.63. The minimum absolute atomic E-state index is 0.131. The van der Waals surface area contributed by atoms with Crippen LogP contribution in [0.3, 0.4) is 0 Å². The van der Waals surface area contributed by atoms with Gasteiger partial charge in [0.1, 0.15) is 0 Å². The number of anilines is 1. The molecule has 0 bridgehead atoms. The number of nitrogen functional groups attached to an aromatic ring is 1. The van der Waals surface area contributed by atoms with Crippen LogP contribution >= 0.6 is 11.8 Å². The van der Waals surface area contributed by atoms with E-state index in [1.807, 2.05) is 25.6 Å². The summed E-state index contributed by atoms with van der Waals surface area (Å²) in [6, 6.07) is 3.31. The van der Waals surface area contributed by atoms with Crippen LogP contribution in [0.5, 0.6) is 0 Å². The summed E-state index contributed by atoms with van der Waals surface area (Å²) in [5.41, 5.74) is 8.34. The first kappa shape index (κ1) is 16.6. The van der Waals surface area contributed by atoms with Gasteiger partial charge in [-0.25, -0.2) is 8.42 Å². The van der Waals surface area contributed by atoms with Crippen molar-refractivity contribution in [3.8, 4) is 0 Å². The number of nitrogens with two attached hydrogens (primary N) is 1. The van der Waals surface area contributed by atoms with Crippen molar-refractivity contribution in [2.45, 2.75) is 43.8 Å². The molecular formula is C15H24N2O2S2. The van der Waals surface area contributed by atoms with E-state index in [1.54, 1.807) is 16.4 Å². The molecule has 0 aliphatic carbocycles. The van der Waals surface area contributed by atoms with Gasteiger partial charge >= 0.3 is 0 Å². The highest BCUT2D eigenvalue weighted by Gasteiger charge is 2.31. The summed E-state index contributed by atoms with van der Waals surface area (Å²) in [7, 11) is -3.46. The Morgan fingerprint density at radius 1 is 1.24 bits per heavy atom. The summed E-state index contributed by atoms with van der Waals surface area (Å²) in [4.78, 5) is 0.313. The second-order valence-corrected chi connectivity index (χ2v) is 9.96. The Kier molecular flexibility index (Phi) is 4.61. The maximum atomic E-state index is 12.8. The van der Waals surface area contributed by atoms with Gasteiger partial charge in [0.05, 0.1) is 4.90 Å². The molecule has 2 rings (SSSR count). The molecule has 0 unspecified atom stereocenters. The molecule has 0 aromatic heterocycles. The summed E-state index contributed by atoms with van der Waals surface area (Å²) in [5.74, 6) is 0.826. The molecule has 21 heavy (non-hydrogen) atoms. The number of benzene rings is 1. The van der Waals surface area contributed by atoms with Gasteiger partial charge in [0.25, 0.3) is 0 Å². The fourth-order valence-corrected chi connectivity index (χ4v) is 5.17. The van der Waals surface area contributed by atoms with Gasteiger partial charge in [-0.05, 0) is 43.5 Å². The fraction of sp³-hybridized carbons (Fsp3) is 0.600. The second kappa shape index (κ2) is 5.82. The van der Waals surface area contributed by atoms with Crippen LogP contribution in [-0.4, -0.2) is 36.3 Å². The molecule has 4 nitrogen and oxygen atoms in total. The zero-order valence-electron chi connectivity index (χ0n) is 13.1. The molecule has 118 valence electrons. The summed E-state index contributed by atoms with van der Waals surface area (Å²) >= 11 is 1.83. The van der Waals surface area contributed by atoms with Crippen molar-refractivity contribution in [1.29, 1.82) is 0 Å². The highest BCUT2D eigenvalue weighted by atomic mass is 32.2. The van der Waals surface area contributed by atoms with Crippen molar-refractivity contribution in [2.75, 3.05) is 24.6 Å². The zero-order chi connectivity index (χ0) is 15.8. The highest BCUT2D eigenvalue weighted by Crippen LogP contribution is 2.33. The number of sulfonamides is 1. The van der Waals surface area contributed by atoms with Gasteiger partial charge in [-0.1, -0.05) is 13.8 Å². The molecule has 0 amide bonds. The van der Waals surface area contributed by atoms with Crippen LogP contribution in [0.15, 0.2) is 17.0 Å². The Labute approximate surface area is 132 Å². The van der Waals surface area contributed by atoms with Crippen molar-refractivity contribution in [2.24, 2.45) is 0 Å². The van der Waals surface area contributed by atoms with Crippen LogP contribution in [0.2, 0.25) is 0 Å². The lowest BCUT2D eigenvalue weighted by molar-refractivity contribution is 0.415. The predicted octanol–water partition coefficient (Wildman–Crippen LogP) is 2.79. The molecule has 1 heterocycles. The van der Waals surface area contributed by atoms with E-state index in [-0.39, 0.29) is 4.75 Å². The van der Waals surface area contributed by atoms with Gasteiger partial charge in [0.15, 0.2) is 0 Å². The van der Waals surface area contributed by atoms with Crippen LogP contribution in [-0.2, 0) is 10.0 Å². The smallest absolute Gasteiger partial charge is 0.243 e. The van der Waals surface area contributed by atoms with Crippen LogP contribution in [0, 0.1) is 13.8 Å². The second-order valence-electron chi connectivity index (χ2n) is 6.22. The molecule has 1 aliphatic rings. The standard InChI is InChI=1S/C15H24N2O2S2/c1-11-9-13(10-14(16)12(11)2)21(18,19)17-6-5-15(3,4)20-8-7-17/h9-10H,5-8,16H2,1-4H3. The van der Waals surface area contributed by atoms with Crippen LogP contribution in [0.4, 0.5) is 5.69 Å². The quantitative estimate of drug-likeness (QED) is 0.848. The first-order valence-electron chi connectivity index (χ1n) is 7.14. The van der Waals surface area contributed by atoms with Gasteiger partial charge in [-0.15, -0.1) is 0 Å². The monoisotopic (exact) mass is 328 g/mol. The maximum absolute atomic E-state index is 12.8. The number of hydrogen-bond acceptors (Lipinski definition) is 4. The Morgan fingerprint density at radius 2 is 1.90 bits per heavy atom. The van der Waals surface area contributed by atoms with Crippen molar-refractivity contribution < 1.29 is 8.42 Å². The molecule has 0 radical (unpaired) electrons. The van der Waals surface area contributed by atoms with E-state index >= 15 is 0 Å². The van der Waals surface area contributed by atoms with Crippen LogP contribution in [0.1, 0.15) is 31.4 Å². The third kappa shape index (κ3) is 3.55. The van der Waals surface area contributed by atoms with E-state index in [0.29, 0.717) is 23.7 Å². The average Bonchev–Trinajstić information content (AvgIpc) is 2.56. The lowest BCUT2D eigenvalue weighted by Crippen LogP contribution is -2.33. The summed E-state index contributed by atoms with van der Waals surface area (Å²) in [6.45, 7) is 9.26. The molecule has 6 heteroatoms. The fourth-order valence-electron chi connectivity index (χ4n) is 2.39. The molecule has 0 atom stereocenters. The largest absolute Gasteiger partial charge is 0.398 e. The minimum atomic E-state index is -3.46. The summed E-state index contributed by atoms with van der Waals surface area (Å²) in [6.07, 6.45) is 0.858. The molecule has 1 saturated heterocycles. The SMILES string of the molecule is Cc1cc(S(=O)(=O)N2CCSC(C)(C)CC2)cc(N)c1C. The minimum Gasteiger partial charge on any atom is -0.398 e. The average molecular weight is 329 g/mol. The van der Waals surface area contributed by atoms with Crippen molar-refractivity contribution in [3.05, 3.63) is 23.3 Å². The normalized spacial score (nSPS) is 20.2. The molecule has 1 aromatic rings. The Hall–Kier alpha value is -0.720. The Morgan fingerprint density at radius 3 is 2.52 bits per heavy atom. The van der Waals surface area contributed by atoms with Crippen LogP contribution < -0.4 is 5.73 Å². The van der Waals surface area contributed by atoms with E-state index in [1.165, 1.54) is 0 Å². The van der Waals surface area contributed by atoms with Gasteiger partial charge in [0, 0.05) is 29.3 Å². The summed E-state index contributed by atoms with van der Waals surface area (Å²) in [5, 5.41) is 0. The molecule has 2 N–H and O–H groups in total. The third-order valence-corrected chi connectivity index (χ3v) is 7.36. The van der Waals surface area contributed by atoms with Crippen molar-refractivity contribution in [1.82, 2.24) is 4.31 Å². The van der Waals surface area contributed by atoms with Crippen molar-refractivity contribution >= 4 is 27.5 Å². The molecule has 0 spiro atoms. The molecule has 1 aliphatic heterocycles. The number of hydrogen-bond donors (Lipinski definition) is 1. The van der Waals surface area contributed by atoms with Crippen LogP contribution in [0.25, 0.3) is 0 Å². The zero-order valence-corrected chi connectivity index (χ0v) is 14.8. The third-order valence-electron chi connectivity index (χ3n) is 4.12. The van der Waals surface area contributed by atoms with Gasteiger partial charge in [0.2, 0.25) is 10.0 Å². The number of aryl methyl sites for hydroxylation is 1. The molecule has 1 fully saturated rings. The molecule has 1 aromatic carbocycles. The van der Waals surface area contributed by atoms with Gasteiger partial charge in [-0.3, -0.25) is 0 Å². The Balaban J connectivity index is 2.34. The lowest BCUT2D eigenvalue weighted by atomic mass is 10.1. The number of thioether (sulfide) groups is 1. The van der Waals surface area contributed by atoms with E-state index in [9.17, 15) is 8.42 Å². The van der Waals surface area contributed by atoms with E-state index in [0.717, 1.165) is 23.3 Å². The lowest BCUT2D eigenvalue weighted by Gasteiger charge is -2.23. The first-order valence-corrected chi connectivity index (χ1v) is 9.57. The number of nitrogens with zero attached hydrogens (tertiary/aromatic N) is 1. The van der Waals surface area contributed by atoms with E-state index < -0.39 is 10.0 Å². The predicted molar refractivity (Wildman–Crippen MR) is 90.2 cm³/mol. The molecule has 0 saturated carbocycles. The van der Waals surface area contributed by atoms with E-state index in [4.69, 9.17) is 5.73 Å². The summed E-state index contributed by atoms with van der Waals surface area (Å²) < 4.78 is 27.4. The maximum Gasteiger partial charge on any atom is 0.243 e. The van der Waals surface area contributed by atoms with Gasteiger partial charge < -0.3 is 5.73 Å². The Bertz CT molecular complexity index is 616. The van der Waals surface area contributed by atoms with Gasteiger partial charge in [-0.2, -0.15) is 16.1 Å².